The predicted molar refractivity (Wildman–Crippen MR) is 123 cm³/mol. The lowest BCUT2D eigenvalue weighted by atomic mass is 10.2. The van der Waals surface area contributed by atoms with E-state index in [1.54, 1.807) is 36.4 Å². The summed E-state index contributed by atoms with van der Waals surface area (Å²) in [5, 5.41) is 12.1. The van der Waals surface area contributed by atoms with Crippen LogP contribution < -0.4 is 9.46 Å². The maximum absolute atomic E-state index is 12.5. The number of aromatic amines is 1. The van der Waals surface area contributed by atoms with Gasteiger partial charge in [0.25, 0.3) is 21.6 Å². The van der Waals surface area contributed by atoms with E-state index in [1.165, 1.54) is 6.07 Å². The average Bonchev–Trinajstić information content (AvgIpc) is 3.20. The van der Waals surface area contributed by atoms with Crippen molar-refractivity contribution in [3.05, 3.63) is 92.6 Å². The number of hydrogen-bond acceptors (Lipinski definition) is 6. The van der Waals surface area contributed by atoms with Gasteiger partial charge in [-0.25, -0.2) is 13.1 Å². The van der Waals surface area contributed by atoms with Gasteiger partial charge in [0.15, 0.2) is 0 Å². The lowest BCUT2D eigenvalue weighted by Crippen LogP contribution is -2.30. The highest BCUT2D eigenvalue weighted by Gasteiger charge is 2.21. The van der Waals surface area contributed by atoms with E-state index in [-0.39, 0.29) is 16.3 Å². The second kappa shape index (κ2) is 8.74. The molecule has 1 heterocycles. The Morgan fingerprint density at radius 2 is 1.61 bits per heavy atom. The first-order valence-electron chi connectivity index (χ1n) is 9.20. The van der Waals surface area contributed by atoms with Gasteiger partial charge in [0.05, 0.1) is 19.9 Å². The number of carbonyl (C=O) groups excluding carboxylic acids is 1. The third-order valence-electron chi connectivity index (χ3n) is 4.55. The van der Waals surface area contributed by atoms with E-state index in [4.69, 9.17) is 27.9 Å². The number of nitrogens with zero attached hydrogens (tertiary/aromatic N) is 1. The zero-order valence-electron chi connectivity index (χ0n) is 16.4. The minimum absolute atomic E-state index is 0.00201. The van der Waals surface area contributed by atoms with Crippen molar-refractivity contribution < 1.29 is 22.9 Å². The maximum Gasteiger partial charge on any atom is 0.281 e. The molecule has 0 radical (unpaired) electrons. The molecule has 33 heavy (non-hydrogen) atoms. The van der Waals surface area contributed by atoms with Crippen LogP contribution in [-0.2, 0) is 10.0 Å². The number of nitro groups is 1. The summed E-state index contributed by atoms with van der Waals surface area (Å²) in [6, 6.07) is 15.5. The van der Waals surface area contributed by atoms with Gasteiger partial charge in [-0.3, -0.25) is 14.9 Å². The van der Waals surface area contributed by atoms with E-state index in [0.29, 0.717) is 32.4 Å². The van der Waals surface area contributed by atoms with Crippen molar-refractivity contribution in [1.82, 2.24) is 9.71 Å². The number of aromatic nitrogens is 1. The van der Waals surface area contributed by atoms with Crippen molar-refractivity contribution in [3.8, 4) is 11.5 Å². The number of ether oxygens (including phenoxy) is 1. The number of non-ortho nitro benzene ring substituents is 1. The first-order chi connectivity index (χ1) is 15.6. The van der Waals surface area contributed by atoms with Crippen LogP contribution in [-0.4, -0.2) is 24.2 Å². The number of fused-ring (bicyclic) bond motifs is 1. The zero-order chi connectivity index (χ0) is 23.8. The molecule has 0 unspecified atom stereocenters. The molecule has 0 atom stereocenters. The van der Waals surface area contributed by atoms with Crippen LogP contribution in [0.1, 0.15) is 10.5 Å². The number of nitro benzene ring substituents is 1. The molecule has 12 heteroatoms. The van der Waals surface area contributed by atoms with Crippen LogP contribution in [0, 0.1) is 10.1 Å². The molecule has 0 fully saturated rings. The molecule has 0 aliphatic heterocycles. The van der Waals surface area contributed by atoms with Crippen LogP contribution >= 0.6 is 23.2 Å². The Bertz CT molecular complexity index is 1500. The SMILES string of the molecule is O=C(NS(=O)(=O)c1ccc([N+](=O)[O-])cc1)c1cc2cc(Oc3ccc(Cl)c(Cl)c3)ccc2[nH]1. The van der Waals surface area contributed by atoms with Gasteiger partial charge < -0.3 is 9.72 Å². The minimum Gasteiger partial charge on any atom is -0.457 e. The molecule has 1 amide bonds. The number of H-pyrrole nitrogens is 1. The lowest BCUT2D eigenvalue weighted by Gasteiger charge is -2.06. The summed E-state index contributed by atoms with van der Waals surface area (Å²) >= 11 is 11.9. The van der Waals surface area contributed by atoms with Crippen molar-refractivity contribution in [3.63, 3.8) is 0 Å². The summed E-state index contributed by atoms with van der Waals surface area (Å²) in [7, 11) is -4.23. The number of sulfonamides is 1. The highest BCUT2D eigenvalue weighted by Crippen LogP contribution is 2.31. The molecule has 4 rings (SSSR count). The fourth-order valence-electron chi connectivity index (χ4n) is 2.96. The van der Waals surface area contributed by atoms with Gasteiger partial charge in [-0.15, -0.1) is 0 Å². The smallest absolute Gasteiger partial charge is 0.281 e. The molecule has 1 aromatic heterocycles. The second-order valence-corrected chi connectivity index (χ2v) is 9.29. The van der Waals surface area contributed by atoms with Crippen molar-refractivity contribution >= 4 is 55.7 Å². The second-order valence-electron chi connectivity index (χ2n) is 6.80. The highest BCUT2D eigenvalue weighted by molar-refractivity contribution is 7.90. The zero-order valence-corrected chi connectivity index (χ0v) is 18.7. The van der Waals surface area contributed by atoms with Crippen molar-refractivity contribution in [1.29, 1.82) is 0 Å². The quantitative estimate of drug-likeness (QED) is 0.270. The fourth-order valence-corrected chi connectivity index (χ4v) is 4.21. The van der Waals surface area contributed by atoms with Gasteiger partial charge in [0, 0.05) is 29.1 Å². The molecule has 168 valence electrons. The maximum atomic E-state index is 12.5. The standard InChI is InChI=1S/C21H13Cl2N3O6S/c22-17-7-3-15(11-18(17)23)32-14-4-8-19-12(9-14)10-20(24-19)21(27)25-33(30,31)16-5-1-13(2-6-16)26(28)29/h1-11,24H,(H,25,27). The van der Waals surface area contributed by atoms with Crippen LogP contribution in [0.2, 0.25) is 10.0 Å². The molecule has 0 saturated heterocycles. The van der Waals surface area contributed by atoms with Crippen LogP contribution in [0.15, 0.2) is 71.6 Å². The van der Waals surface area contributed by atoms with Crippen LogP contribution in [0.25, 0.3) is 10.9 Å². The van der Waals surface area contributed by atoms with Crippen molar-refractivity contribution in [2.45, 2.75) is 4.90 Å². The summed E-state index contributed by atoms with van der Waals surface area (Å²) in [4.78, 5) is 25.2. The normalized spacial score (nSPS) is 11.3. The third kappa shape index (κ3) is 4.92. The summed E-state index contributed by atoms with van der Waals surface area (Å²) in [6.07, 6.45) is 0. The van der Waals surface area contributed by atoms with E-state index in [0.717, 1.165) is 24.3 Å². The average molecular weight is 506 g/mol. The van der Waals surface area contributed by atoms with E-state index in [1.807, 2.05) is 4.72 Å². The van der Waals surface area contributed by atoms with E-state index >= 15 is 0 Å². The number of amides is 1. The number of hydrogen-bond donors (Lipinski definition) is 2. The van der Waals surface area contributed by atoms with Crippen LogP contribution in [0.5, 0.6) is 11.5 Å². The molecular formula is C21H13Cl2N3O6S. The van der Waals surface area contributed by atoms with Gasteiger partial charge in [0.1, 0.15) is 17.2 Å². The first-order valence-corrected chi connectivity index (χ1v) is 11.4. The summed E-state index contributed by atoms with van der Waals surface area (Å²) in [6.45, 7) is 0. The number of benzene rings is 3. The molecule has 3 aromatic carbocycles. The topological polar surface area (TPSA) is 131 Å². The Morgan fingerprint density at radius 1 is 0.939 bits per heavy atom. The molecular weight excluding hydrogens is 493 g/mol. The lowest BCUT2D eigenvalue weighted by molar-refractivity contribution is -0.384. The molecule has 0 aliphatic carbocycles. The molecule has 0 bridgehead atoms. The van der Waals surface area contributed by atoms with Gasteiger partial charge in [-0.1, -0.05) is 23.2 Å². The van der Waals surface area contributed by atoms with Crippen LogP contribution in [0.3, 0.4) is 0 Å². The highest BCUT2D eigenvalue weighted by atomic mass is 35.5. The Morgan fingerprint density at radius 3 is 2.27 bits per heavy atom. The number of carbonyl (C=O) groups is 1. The molecule has 4 aromatic rings. The summed E-state index contributed by atoms with van der Waals surface area (Å²) < 4.78 is 32.6. The molecule has 0 spiro atoms. The van der Waals surface area contributed by atoms with E-state index < -0.39 is 20.9 Å². The van der Waals surface area contributed by atoms with Crippen molar-refractivity contribution in [2.75, 3.05) is 0 Å². The van der Waals surface area contributed by atoms with Gasteiger partial charge in [0.2, 0.25) is 0 Å². The van der Waals surface area contributed by atoms with E-state index in [2.05, 4.69) is 4.98 Å². The number of nitrogens with one attached hydrogen (secondary N) is 2. The Balaban J connectivity index is 1.53. The Labute approximate surface area is 197 Å². The summed E-state index contributed by atoms with van der Waals surface area (Å²) in [5.41, 5.74) is 0.311. The number of halogens is 2. The molecule has 0 saturated carbocycles. The molecule has 2 N–H and O–H groups in total. The van der Waals surface area contributed by atoms with Crippen LogP contribution in [0.4, 0.5) is 5.69 Å². The predicted octanol–water partition coefficient (Wildman–Crippen LogP) is 5.29. The van der Waals surface area contributed by atoms with Crippen molar-refractivity contribution in [2.24, 2.45) is 0 Å². The fraction of sp³-hybridized carbons (Fsp3) is 0. The summed E-state index contributed by atoms with van der Waals surface area (Å²) in [5.74, 6) is 0.0355. The third-order valence-corrected chi connectivity index (χ3v) is 6.63. The molecule has 9 nitrogen and oxygen atoms in total. The Hall–Kier alpha value is -3.60. The number of rotatable bonds is 6. The first kappa shape index (κ1) is 22.6. The Kier molecular flexibility index (Phi) is 5.98. The largest absolute Gasteiger partial charge is 0.457 e. The van der Waals surface area contributed by atoms with Gasteiger partial charge >= 0.3 is 0 Å². The molecule has 0 aliphatic rings. The van der Waals surface area contributed by atoms with E-state index in [9.17, 15) is 23.3 Å². The van der Waals surface area contributed by atoms with Gasteiger partial charge in [-0.05, 0) is 48.5 Å². The monoisotopic (exact) mass is 505 g/mol. The minimum atomic E-state index is -4.23. The van der Waals surface area contributed by atoms with Gasteiger partial charge in [-0.2, -0.15) is 0 Å².